The van der Waals surface area contributed by atoms with Crippen LogP contribution < -0.4 is 0 Å². The van der Waals surface area contributed by atoms with Crippen molar-refractivity contribution in [1.29, 1.82) is 0 Å². The summed E-state index contributed by atoms with van der Waals surface area (Å²) in [4.78, 5) is 11.6. The molecule has 0 unspecified atom stereocenters. The predicted molar refractivity (Wildman–Crippen MR) is 59.5 cm³/mol. The van der Waals surface area contributed by atoms with E-state index in [0.29, 0.717) is 12.2 Å². The SMILES string of the molecule is C=CCOCC(=O)c1ccccc1Br. The lowest BCUT2D eigenvalue weighted by atomic mass is 10.1. The molecule has 0 heterocycles. The summed E-state index contributed by atoms with van der Waals surface area (Å²) in [5.41, 5.74) is 0.650. The molecule has 0 spiro atoms. The largest absolute Gasteiger partial charge is 0.369 e. The van der Waals surface area contributed by atoms with Crippen LogP contribution in [-0.4, -0.2) is 19.0 Å². The van der Waals surface area contributed by atoms with Gasteiger partial charge in [-0.2, -0.15) is 0 Å². The van der Waals surface area contributed by atoms with Crippen LogP contribution in [-0.2, 0) is 4.74 Å². The number of benzene rings is 1. The topological polar surface area (TPSA) is 26.3 Å². The minimum absolute atomic E-state index is 0.0284. The van der Waals surface area contributed by atoms with Crippen LogP contribution in [0.1, 0.15) is 10.4 Å². The van der Waals surface area contributed by atoms with E-state index in [-0.39, 0.29) is 12.4 Å². The number of hydrogen-bond acceptors (Lipinski definition) is 2. The van der Waals surface area contributed by atoms with Gasteiger partial charge in [-0.05, 0) is 6.07 Å². The van der Waals surface area contributed by atoms with Crippen molar-refractivity contribution < 1.29 is 9.53 Å². The first-order valence-electron chi connectivity index (χ1n) is 4.22. The summed E-state index contributed by atoms with van der Waals surface area (Å²) in [6.45, 7) is 3.99. The fourth-order valence-corrected chi connectivity index (χ4v) is 1.51. The third-order valence-electron chi connectivity index (χ3n) is 1.64. The molecule has 0 aliphatic heterocycles. The molecular formula is C11H11BrO2. The normalized spacial score (nSPS) is 9.79. The third kappa shape index (κ3) is 3.09. The van der Waals surface area contributed by atoms with Gasteiger partial charge in [0.25, 0.3) is 0 Å². The average Bonchev–Trinajstić information content (AvgIpc) is 2.18. The highest BCUT2D eigenvalue weighted by Gasteiger charge is 2.08. The molecule has 1 rings (SSSR count). The quantitative estimate of drug-likeness (QED) is 0.459. The maximum Gasteiger partial charge on any atom is 0.189 e. The molecule has 1 aromatic carbocycles. The Morgan fingerprint density at radius 3 is 2.86 bits per heavy atom. The van der Waals surface area contributed by atoms with Crippen molar-refractivity contribution in [1.82, 2.24) is 0 Å². The van der Waals surface area contributed by atoms with Crippen LogP contribution in [0.5, 0.6) is 0 Å². The number of halogens is 1. The number of Topliss-reactive ketones (excluding diaryl/α,β-unsaturated/α-hetero) is 1. The van der Waals surface area contributed by atoms with Gasteiger partial charge in [-0.15, -0.1) is 6.58 Å². The second-order valence-corrected chi connectivity index (χ2v) is 3.56. The van der Waals surface area contributed by atoms with Gasteiger partial charge in [-0.1, -0.05) is 40.2 Å². The van der Waals surface area contributed by atoms with Gasteiger partial charge in [0.2, 0.25) is 0 Å². The number of ether oxygens (including phenoxy) is 1. The van der Waals surface area contributed by atoms with Gasteiger partial charge in [0, 0.05) is 10.0 Å². The smallest absolute Gasteiger partial charge is 0.189 e. The molecule has 0 aliphatic carbocycles. The van der Waals surface area contributed by atoms with E-state index in [0.717, 1.165) is 4.47 Å². The number of hydrogen-bond donors (Lipinski definition) is 0. The van der Waals surface area contributed by atoms with Gasteiger partial charge in [-0.25, -0.2) is 0 Å². The van der Waals surface area contributed by atoms with Crippen molar-refractivity contribution in [3.05, 3.63) is 47.0 Å². The zero-order valence-electron chi connectivity index (χ0n) is 7.70. The van der Waals surface area contributed by atoms with E-state index in [1.807, 2.05) is 18.2 Å². The van der Waals surface area contributed by atoms with Gasteiger partial charge < -0.3 is 4.74 Å². The Balaban J connectivity index is 2.60. The van der Waals surface area contributed by atoms with Crippen LogP contribution in [0.4, 0.5) is 0 Å². The van der Waals surface area contributed by atoms with Gasteiger partial charge in [0.15, 0.2) is 5.78 Å². The van der Waals surface area contributed by atoms with Crippen molar-refractivity contribution in [3.63, 3.8) is 0 Å². The van der Waals surface area contributed by atoms with Crippen LogP contribution in [0.2, 0.25) is 0 Å². The highest BCUT2D eigenvalue weighted by molar-refractivity contribution is 9.10. The highest BCUT2D eigenvalue weighted by Crippen LogP contribution is 2.16. The molecule has 2 nitrogen and oxygen atoms in total. The molecule has 0 aliphatic rings. The van der Waals surface area contributed by atoms with Gasteiger partial charge in [-0.3, -0.25) is 4.79 Å². The van der Waals surface area contributed by atoms with Gasteiger partial charge in [0.1, 0.15) is 6.61 Å². The number of rotatable bonds is 5. The van der Waals surface area contributed by atoms with Crippen molar-refractivity contribution in [2.75, 3.05) is 13.2 Å². The van der Waals surface area contributed by atoms with Gasteiger partial charge in [0.05, 0.1) is 6.61 Å². The molecule has 14 heavy (non-hydrogen) atoms. The van der Waals surface area contributed by atoms with Crippen molar-refractivity contribution in [2.45, 2.75) is 0 Å². The standard InChI is InChI=1S/C11H11BrO2/c1-2-7-14-8-11(13)9-5-3-4-6-10(9)12/h2-6H,1,7-8H2. The van der Waals surface area contributed by atoms with Crippen LogP contribution in [0.3, 0.4) is 0 Å². The molecule has 1 aromatic rings. The van der Waals surface area contributed by atoms with Crippen LogP contribution in [0.15, 0.2) is 41.4 Å². The second kappa shape index (κ2) is 5.73. The molecule has 0 radical (unpaired) electrons. The third-order valence-corrected chi connectivity index (χ3v) is 2.33. The Morgan fingerprint density at radius 1 is 1.50 bits per heavy atom. The first-order valence-corrected chi connectivity index (χ1v) is 5.01. The van der Waals surface area contributed by atoms with Crippen LogP contribution >= 0.6 is 15.9 Å². The summed E-state index contributed by atoms with van der Waals surface area (Å²) in [6, 6.07) is 7.29. The maximum absolute atomic E-state index is 11.6. The van der Waals surface area contributed by atoms with Crippen LogP contribution in [0.25, 0.3) is 0 Å². The lowest BCUT2D eigenvalue weighted by Crippen LogP contribution is -2.09. The van der Waals surface area contributed by atoms with E-state index in [1.54, 1.807) is 12.1 Å². The molecule has 0 saturated heterocycles. The predicted octanol–water partition coefficient (Wildman–Crippen LogP) is 2.83. The summed E-state index contributed by atoms with van der Waals surface area (Å²) < 4.78 is 5.86. The first-order chi connectivity index (χ1) is 6.75. The Bertz CT molecular complexity index is 334. The van der Waals surface area contributed by atoms with E-state index in [1.165, 1.54) is 0 Å². The molecule has 74 valence electrons. The number of carbonyl (C=O) groups is 1. The maximum atomic E-state index is 11.6. The Kier molecular flexibility index (Phi) is 4.56. The molecule has 0 atom stereocenters. The molecule has 0 fully saturated rings. The molecule has 0 aromatic heterocycles. The average molecular weight is 255 g/mol. The molecular weight excluding hydrogens is 244 g/mol. The first kappa shape index (κ1) is 11.1. The molecule has 0 amide bonds. The Labute approximate surface area is 91.7 Å². The number of carbonyl (C=O) groups excluding carboxylic acids is 1. The summed E-state index contributed by atoms with van der Waals surface area (Å²) >= 11 is 3.31. The highest BCUT2D eigenvalue weighted by atomic mass is 79.9. The van der Waals surface area contributed by atoms with Gasteiger partial charge >= 0.3 is 0 Å². The molecule has 0 bridgehead atoms. The summed E-state index contributed by atoms with van der Waals surface area (Å²) in [7, 11) is 0. The molecule has 0 N–H and O–H groups in total. The summed E-state index contributed by atoms with van der Waals surface area (Å²) in [5, 5.41) is 0. The monoisotopic (exact) mass is 254 g/mol. The second-order valence-electron chi connectivity index (χ2n) is 2.71. The van der Waals surface area contributed by atoms with Crippen molar-refractivity contribution >= 4 is 21.7 Å². The van der Waals surface area contributed by atoms with Crippen LogP contribution in [0, 0.1) is 0 Å². The van der Waals surface area contributed by atoms with E-state index >= 15 is 0 Å². The van der Waals surface area contributed by atoms with E-state index in [4.69, 9.17) is 4.74 Å². The number of ketones is 1. The zero-order chi connectivity index (χ0) is 10.4. The van der Waals surface area contributed by atoms with E-state index in [2.05, 4.69) is 22.5 Å². The van der Waals surface area contributed by atoms with Crippen molar-refractivity contribution in [2.24, 2.45) is 0 Å². The Morgan fingerprint density at radius 2 is 2.21 bits per heavy atom. The lowest BCUT2D eigenvalue weighted by Gasteiger charge is -2.02. The fraction of sp³-hybridized carbons (Fsp3) is 0.182. The lowest BCUT2D eigenvalue weighted by molar-refractivity contribution is 0.0805. The van der Waals surface area contributed by atoms with E-state index in [9.17, 15) is 4.79 Å². The summed E-state index contributed by atoms with van der Waals surface area (Å²) in [5.74, 6) is -0.0284. The van der Waals surface area contributed by atoms with Crippen molar-refractivity contribution in [3.8, 4) is 0 Å². The van der Waals surface area contributed by atoms with E-state index < -0.39 is 0 Å². The molecule has 3 heteroatoms. The summed E-state index contributed by atoms with van der Waals surface area (Å²) in [6.07, 6.45) is 1.62. The minimum Gasteiger partial charge on any atom is -0.369 e. The Hall–Kier alpha value is -0.930. The zero-order valence-corrected chi connectivity index (χ0v) is 9.29. The molecule has 0 saturated carbocycles. The minimum atomic E-state index is -0.0284. The fourth-order valence-electron chi connectivity index (χ4n) is 1.00.